The molecule has 30 heavy (non-hydrogen) atoms. The first-order valence-corrected chi connectivity index (χ1v) is 11.3. The number of carbonyl (C=O) groups excluding carboxylic acids is 1. The lowest BCUT2D eigenvalue weighted by molar-refractivity contribution is 0.0599. The second kappa shape index (κ2) is 9.27. The number of halogens is 1. The summed E-state index contributed by atoms with van der Waals surface area (Å²) in [6, 6.07) is 13.8. The summed E-state index contributed by atoms with van der Waals surface area (Å²) >= 11 is 1.45. The smallest absolute Gasteiger partial charge is 0.338 e. The molecule has 0 amide bonds. The van der Waals surface area contributed by atoms with Crippen LogP contribution in [0.4, 0.5) is 10.1 Å². The van der Waals surface area contributed by atoms with Crippen molar-refractivity contribution in [2.75, 3.05) is 11.8 Å². The van der Waals surface area contributed by atoms with Crippen molar-refractivity contribution >= 4 is 33.4 Å². The predicted octanol–water partition coefficient (Wildman–Crippen LogP) is 4.41. The Morgan fingerprint density at radius 3 is 2.50 bits per heavy atom. The molecule has 1 aromatic heterocycles. The number of thioether (sulfide) groups is 1. The van der Waals surface area contributed by atoms with Gasteiger partial charge in [-0.2, -0.15) is 0 Å². The first-order valence-electron chi connectivity index (χ1n) is 8.83. The fourth-order valence-corrected chi connectivity index (χ4v) is 4.44. The number of hydrogen-bond acceptors (Lipinski definition) is 6. The highest BCUT2D eigenvalue weighted by molar-refractivity contribution is 7.98. The van der Waals surface area contributed by atoms with Crippen LogP contribution in [0.25, 0.3) is 0 Å². The SMILES string of the molecule is COC(=O)c1cc(S(=O)(=O)Nc2ccc(SCc3ccc(F)cc3)nc2)ccc1C. The van der Waals surface area contributed by atoms with Gasteiger partial charge in [-0.1, -0.05) is 18.2 Å². The van der Waals surface area contributed by atoms with E-state index in [-0.39, 0.29) is 16.3 Å². The molecule has 1 N–H and O–H groups in total. The molecule has 0 saturated heterocycles. The van der Waals surface area contributed by atoms with Gasteiger partial charge in [-0.3, -0.25) is 4.72 Å². The van der Waals surface area contributed by atoms with E-state index in [2.05, 4.69) is 9.71 Å². The maximum absolute atomic E-state index is 13.0. The number of hydrogen-bond donors (Lipinski definition) is 1. The van der Waals surface area contributed by atoms with E-state index in [1.54, 1.807) is 37.3 Å². The zero-order valence-electron chi connectivity index (χ0n) is 16.3. The van der Waals surface area contributed by atoms with E-state index in [9.17, 15) is 17.6 Å². The number of nitrogens with one attached hydrogen (secondary N) is 1. The van der Waals surface area contributed by atoms with Gasteiger partial charge in [0, 0.05) is 5.75 Å². The van der Waals surface area contributed by atoms with Crippen LogP contribution in [0.2, 0.25) is 0 Å². The molecule has 3 rings (SSSR count). The molecule has 0 bridgehead atoms. The molecule has 1 heterocycles. The van der Waals surface area contributed by atoms with E-state index in [0.717, 1.165) is 5.56 Å². The number of aryl methyl sites for hydroxylation is 1. The van der Waals surface area contributed by atoms with E-state index < -0.39 is 16.0 Å². The van der Waals surface area contributed by atoms with Crippen LogP contribution in [0.1, 0.15) is 21.5 Å². The molecule has 0 aliphatic heterocycles. The molecule has 0 unspecified atom stereocenters. The van der Waals surface area contributed by atoms with Crippen LogP contribution in [0, 0.1) is 12.7 Å². The number of pyridine rings is 1. The number of benzene rings is 2. The van der Waals surface area contributed by atoms with Crippen LogP contribution in [0.5, 0.6) is 0 Å². The minimum Gasteiger partial charge on any atom is -0.465 e. The first kappa shape index (κ1) is 21.8. The van der Waals surface area contributed by atoms with Crippen molar-refractivity contribution in [1.82, 2.24) is 4.98 Å². The molecule has 0 atom stereocenters. The van der Waals surface area contributed by atoms with Crippen molar-refractivity contribution in [3.63, 3.8) is 0 Å². The molecule has 0 radical (unpaired) electrons. The Kier molecular flexibility index (Phi) is 6.73. The number of ether oxygens (including phenoxy) is 1. The molecule has 0 spiro atoms. The van der Waals surface area contributed by atoms with Crippen molar-refractivity contribution in [3.05, 3.63) is 83.3 Å². The molecule has 156 valence electrons. The Labute approximate surface area is 178 Å². The van der Waals surface area contributed by atoms with Crippen LogP contribution in [-0.4, -0.2) is 26.5 Å². The molecular weight excluding hydrogens is 427 g/mol. The van der Waals surface area contributed by atoms with E-state index in [0.29, 0.717) is 22.0 Å². The van der Waals surface area contributed by atoms with Gasteiger partial charge in [0.25, 0.3) is 10.0 Å². The van der Waals surface area contributed by atoms with Gasteiger partial charge in [-0.25, -0.2) is 22.6 Å². The van der Waals surface area contributed by atoms with Gasteiger partial charge in [-0.15, -0.1) is 11.8 Å². The Balaban J connectivity index is 1.69. The first-order chi connectivity index (χ1) is 14.3. The van der Waals surface area contributed by atoms with E-state index in [1.165, 1.54) is 49.3 Å². The van der Waals surface area contributed by atoms with Crippen molar-refractivity contribution in [3.8, 4) is 0 Å². The van der Waals surface area contributed by atoms with Crippen LogP contribution in [0.15, 0.2) is 70.7 Å². The van der Waals surface area contributed by atoms with Gasteiger partial charge < -0.3 is 4.74 Å². The minimum absolute atomic E-state index is 0.0525. The summed E-state index contributed by atoms with van der Waals surface area (Å²) in [6.07, 6.45) is 1.42. The largest absolute Gasteiger partial charge is 0.465 e. The predicted molar refractivity (Wildman–Crippen MR) is 114 cm³/mol. The standard InChI is InChI=1S/C21H19FN2O4S2/c1-14-3-9-18(11-19(14)21(25)28-2)30(26,27)24-17-8-10-20(23-12-17)29-13-15-4-6-16(22)7-5-15/h3-12,24H,13H2,1-2H3. The van der Waals surface area contributed by atoms with Crippen LogP contribution in [0.3, 0.4) is 0 Å². The summed E-state index contributed by atoms with van der Waals surface area (Å²) in [5, 5.41) is 0.700. The Morgan fingerprint density at radius 2 is 1.87 bits per heavy atom. The zero-order valence-corrected chi connectivity index (χ0v) is 17.9. The number of aromatic nitrogens is 1. The fraction of sp³-hybridized carbons (Fsp3) is 0.143. The van der Waals surface area contributed by atoms with Gasteiger partial charge in [0.1, 0.15) is 5.82 Å². The average molecular weight is 447 g/mol. The molecule has 0 fully saturated rings. The third kappa shape index (κ3) is 5.37. The quantitative estimate of drug-likeness (QED) is 0.427. The van der Waals surface area contributed by atoms with Gasteiger partial charge in [-0.05, 0) is 54.4 Å². The van der Waals surface area contributed by atoms with Gasteiger partial charge in [0.05, 0.1) is 34.5 Å². The normalized spacial score (nSPS) is 11.2. The minimum atomic E-state index is -3.91. The lowest BCUT2D eigenvalue weighted by Crippen LogP contribution is -2.14. The summed E-state index contributed by atoms with van der Waals surface area (Å²) < 4.78 is 45.4. The van der Waals surface area contributed by atoms with E-state index in [1.807, 2.05) is 0 Å². The van der Waals surface area contributed by atoms with Crippen molar-refractivity contribution in [1.29, 1.82) is 0 Å². The lowest BCUT2D eigenvalue weighted by atomic mass is 10.1. The van der Waals surface area contributed by atoms with Crippen LogP contribution >= 0.6 is 11.8 Å². The maximum Gasteiger partial charge on any atom is 0.338 e. The number of anilines is 1. The summed E-state index contributed by atoms with van der Waals surface area (Å²) in [6.45, 7) is 1.70. The van der Waals surface area contributed by atoms with Crippen LogP contribution in [-0.2, 0) is 20.5 Å². The summed E-state index contributed by atoms with van der Waals surface area (Å²) in [7, 11) is -2.67. The molecule has 0 aliphatic carbocycles. The van der Waals surface area contributed by atoms with Gasteiger partial charge in [0.15, 0.2) is 0 Å². The van der Waals surface area contributed by atoms with Gasteiger partial charge in [0.2, 0.25) is 0 Å². The van der Waals surface area contributed by atoms with Crippen molar-refractivity contribution in [2.24, 2.45) is 0 Å². The Morgan fingerprint density at radius 1 is 1.13 bits per heavy atom. The Hall–Kier alpha value is -2.91. The number of carbonyl (C=O) groups is 1. The fourth-order valence-electron chi connectivity index (χ4n) is 2.58. The third-order valence-electron chi connectivity index (χ3n) is 4.21. The molecule has 2 aromatic carbocycles. The molecule has 0 aliphatic rings. The molecule has 3 aromatic rings. The monoisotopic (exact) mass is 446 g/mol. The number of esters is 1. The van der Waals surface area contributed by atoms with Gasteiger partial charge >= 0.3 is 5.97 Å². The van der Waals surface area contributed by atoms with Crippen molar-refractivity contribution < 1.29 is 22.3 Å². The summed E-state index contributed by atoms with van der Waals surface area (Å²) in [4.78, 5) is 16.0. The van der Waals surface area contributed by atoms with Crippen molar-refractivity contribution in [2.45, 2.75) is 22.6 Å². The highest BCUT2D eigenvalue weighted by Gasteiger charge is 2.18. The highest BCUT2D eigenvalue weighted by atomic mass is 32.2. The number of sulfonamides is 1. The zero-order chi connectivity index (χ0) is 21.7. The molecule has 0 saturated carbocycles. The third-order valence-corrected chi connectivity index (χ3v) is 6.61. The second-order valence-electron chi connectivity index (χ2n) is 6.37. The highest BCUT2D eigenvalue weighted by Crippen LogP contribution is 2.24. The number of rotatable bonds is 7. The number of nitrogens with zero attached hydrogens (tertiary/aromatic N) is 1. The lowest BCUT2D eigenvalue weighted by Gasteiger charge is -2.11. The summed E-state index contributed by atoms with van der Waals surface area (Å²) in [5.74, 6) is -0.280. The van der Waals surface area contributed by atoms with E-state index in [4.69, 9.17) is 4.74 Å². The second-order valence-corrected chi connectivity index (χ2v) is 9.05. The maximum atomic E-state index is 13.0. The van der Waals surface area contributed by atoms with E-state index >= 15 is 0 Å². The number of methoxy groups -OCH3 is 1. The molecule has 9 heteroatoms. The average Bonchev–Trinajstić information content (AvgIpc) is 2.74. The topological polar surface area (TPSA) is 85.4 Å². The Bertz CT molecular complexity index is 1150. The summed E-state index contributed by atoms with van der Waals surface area (Å²) in [5.41, 5.74) is 2.05. The molecule has 6 nitrogen and oxygen atoms in total. The van der Waals surface area contributed by atoms with Crippen LogP contribution < -0.4 is 4.72 Å². The molecular formula is C21H19FN2O4S2.